The zero-order valence-electron chi connectivity index (χ0n) is 10.9. The van der Waals surface area contributed by atoms with Crippen LogP contribution < -0.4 is 11.1 Å². The SMILES string of the molecule is CC(Cc1ccccc1)NCC(C)(C)C(N)=O. The first kappa shape index (κ1) is 13.7. The number of carbonyl (C=O) groups excluding carboxylic acids is 1. The van der Waals surface area contributed by atoms with Crippen molar-refractivity contribution in [3.8, 4) is 0 Å². The van der Waals surface area contributed by atoms with Crippen LogP contribution in [0.3, 0.4) is 0 Å². The number of benzene rings is 1. The van der Waals surface area contributed by atoms with Crippen LogP contribution in [0.15, 0.2) is 30.3 Å². The zero-order valence-corrected chi connectivity index (χ0v) is 10.9. The highest BCUT2D eigenvalue weighted by atomic mass is 16.1. The second-order valence-corrected chi connectivity index (χ2v) is 5.22. The van der Waals surface area contributed by atoms with Crippen molar-refractivity contribution in [1.82, 2.24) is 5.32 Å². The lowest BCUT2D eigenvalue weighted by Crippen LogP contribution is -2.43. The minimum absolute atomic E-state index is 0.267. The Morgan fingerprint density at radius 3 is 2.47 bits per heavy atom. The third kappa shape index (κ3) is 4.57. The molecule has 0 aliphatic carbocycles. The fraction of sp³-hybridized carbons (Fsp3) is 0.500. The molecule has 3 nitrogen and oxygen atoms in total. The van der Waals surface area contributed by atoms with E-state index < -0.39 is 5.41 Å². The molecule has 1 aromatic rings. The van der Waals surface area contributed by atoms with Crippen molar-refractivity contribution in [1.29, 1.82) is 0 Å². The van der Waals surface area contributed by atoms with Gasteiger partial charge in [0, 0.05) is 12.6 Å². The molecule has 0 radical (unpaired) electrons. The first-order chi connectivity index (χ1) is 7.92. The minimum Gasteiger partial charge on any atom is -0.369 e. The summed E-state index contributed by atoms with van der Waals surface area (Å²) in [5.41, 5.74) is 6.13. The van der Waals surface area contributed by atoms with Crippen LogP contribution in [0, 0.1) is 5.41 Å². The van der Waals surface area contributed by atoms with Gasteiger partial charge in [0.1, 0.15) is 0 Å². The highest BCUT2D eigenvalue weighted by Crippen LogP contribution is 2.12. The van der Waals surface area contributed by atoms with Crippen molar-refractivity contribution in [2.24, 2.45) is 11.1 Å². The van der Waals surface area contributed by atoms with Crippen molar-refractivity contribution < 1.29 is 4.79 Å². The number of primary amides is 1. The first-order valence-electron chi connectivity index (χ1n) is 5.99. The standard InChI is InChI=1S/C14H22N2O/c1-11(9-12-7-5-4-6-8-12)16-10-14(2,3)13(15)17/h4-8,11,16H,9-10H2,1-3H3,(H2,15,17). The summed E-state index contributed by atoms with van der Waals surface area (Å²) in [6, 6.07) is 10.6. The molecule has 0 aliphatic heterocycles. The van der Waals surface area contributed by atoms with Crippen molar-refractivity contribution >= 4 is 5.91 Å². The van der Waals surface area contributed by atoms with E-state index in [2.05, 4.69) is 24.4 Å². The Balaban J connectivity index is 2.41. The number of nitrogens with two attached hydrogens (primary N) is 1. The van der Waals surface area contributed by atoms with Gasteiger partial charge in [-0.15, -0.1) is 0 Å². The van der Waals surface area contributed by atoms with E-state index in [1.807, 2.05) is 32.0 Å². The molecule has 94 valence electrons. The predicted molar refractivity (Wildman–Crippen MR) is 70.6 cm³/mol. The Morgan fingerprint density at radius 2 is 1.94 bits per heavy atom. The number of carbonyl (C=O) groups is 1. The maximum Gasteiger partial charge on any atom is 0.224 e. The molecule has 3 N–H and O–H groups in total. The normalized spacial score (nSPS) is 13.4. The molecular formula is C14H22N2O. The average Bonchev–Trinajstić information content (AvgIpc) is 2.28. The summed E-state index contributed by atoms with van der Waals surface area (Å²) in [5, 5.41) is 3.35. The molecule has 1 aromatic carbocycles. The molecule has 1 rings (SSSR count). The Bertz CT molecular complexity index is 360. The van der Waals surface area contributed by atoms with Gasteiger partial charge >= 0.3 is 0 Å². The molecule has 0 bridgehead atoms. The maximum atomic E-state index is 11.2. The van der Waals surface area contributed by atoms with Gasteiger partial charge in [-0.05, 0) is 32.8 Å². The van der Waals surface area contributed by atoms with Gasteiger partial charge in [-0.25, -0.2) is 0 Å². The lowest BCUT2D eigenvalue weighted by molar-refractivity contribution is -0.125. The summed E-state index contributed by atoms with van der Waals surface area (Å²) in [7, 11) is 0. The van der Waals surface area contributed by atoms with E-state index in [4.69, 9.17) is 5.73 Å². The summed E-state index contributed by atoms with van der Waals surface area (Å²) in [5.74, 6) is -0.267. The fourth-order valence-electron chi connectivity index (χ4n) is 1.56. The van der Waals surface area contributed by atoms with Crippen molar-refractivity contribution in [3.63, 3.8) is 0 Å². The molecule has 0 saturated carbocycles. The van der Waals surface area contributed by atoms with E-state index in [0.717, 1.165) is 6.42 Å². The molecule has 17 heavy (non-hydrogen) atoms. The van der Waals surface area contributed by atoms with Crippen LogP contribution in [-0.2, 0) is 11.2 Å². The first-order valence-corrected chi connectivity index (χ1v) is 5.99. The van der Waals surface area contributed by atoms with Crippen molar-refractivity contribution in [3.05, 3.63) is 35.9 Å². The van der Waals surface area contributed by atoms with Crippen LogP contribution in [0.25, 0.3) is 0 Å². The molecule has 0 heterocycles. The number of nitrogens with one attached hydrogen (secondary N) is 1. The number of hydrogen-bond acceptors (Lipinski definition) is 2. The van der Waals surface area contributed by atoms with Crippen LogP contribution in [-0.4, -0.2) is 18.5 Å². The van der Waals surface area contributed by atoms with Gasteiger partial charge in [-0.2, -0.15) is 0 Å². The third-order valence-corrected chi connectivity index (χ3v) is 2.94. The average molecular weight is 234 g/mol. The van der Waals surface area contributed by atoms with Gasteiger partial charge in [0.25, 0.3) is 0 Å². The Morgan fingerprint density at radius 1 is 1.35 bits per heavy atom. The van der Waals surface area contributed by atoms with Crippen LogP contribution in [0.1, 0.15) is 26.3 Å². The number of rotatable bonds is 6. The van der Waals surface area contributed by atoms with E-state index in [9.17, 15) is 4.79 Å². The van der Waals surface area contributed by atoms with Gasteiger partial charge < -0.3 is 11.1 Å². The Hall–Kier alpha value is -1.35. The van der Waals surface area contributed by atoms with E-state index in [1.54, 1.807) is 0 Å². The fourth-order valence-corrected chi connectivity index (χ4v) is 1.56. The van der Waals surface area contributed by atoms with E-state index >= 15 is 0 Å². The molecule has 3 heteroatoms. The molecule has 0 spiro atoms. The summed E-state index contributed by atoms with van der Waals surface area (Å²) in [4.78, 5) is 11.2. The summed E-state index contributed by atoms with van der Waals surface area (Å²) in [6.45, 7) is 6.44. The molecule has 0 aliphatic rings. The van der Waals surface area contributed by atoms with Gasteiger partial charge in [-0.1, -0.05) is 30.3 Å². The van der Waals surface area contributed by atoms with Gasteiger partial charge in [0.15, 0.2) is 0 Å². The van der Waals surface area contributed by atoms with Crippen LogP contribution >= 0.6 is 0 Å². The number of hydrogen-bond donors (Lipinski definition) is 2. The topological polar surface area (TPSA) is 55.1 Å². The molecule has 1 unspecified atom stereocenters. The van der Waals surface area contributed by atoms with E-state index in [1.165, 1.54) is 5.56 Å². The Labute approximate surface area is 103 Å². The van der Waals surface area contributed by atoms with Crippen molar-refractivity contribution in [2.75, 3.05) is 6.54 Å². The predicted octanol–water partition coefficient (Wildman–Crippen LogP) is 1.72. The summed E-state index contributed by atoms with van der Waals surface area (Å²) < 4.78 is 0. The largest absolute Gasteiger partial charge is 0.369 e. The molecular weight excluding hydrogens is 212 g/mol. The highest BCUT2D eigenvalue weighted by molar-refractivity contribution is 5.80. The quantitative estimate of drug-likeness (QED) is 0.787. The summed E-state index contributed by atoms with van der Waals surface area (Å²) in [6.07, 6.45) is 0.954. The molecule has 0 saturated heterocycles. The zero-order chi connectivity index (χ0) is 12.9. The molecule has 0 fully saturated rings. The lowest BCUT2D eigenvalue weighted by atomic mass is 9.92. The van der Waals surface area contributed by atoms with Gasteiger partial charge in [0.2, 0.25) is 5.91 Å². The molecule has 1 atom stereocenters. The van der Waals surface area contributed by atoms with E-state index in [0.29, 0.717) is 12.6 Å². The number of amides is 1. The highest BCUT2D eigenvalue weighted by Gasteiger charge is 2.24. The minimum atomic E-state index is -0.495. The van der Waals surface area contributed by atoms with Crippen molar-refractivity contribution in [2.45, 2.75) is 33.2 Å². The maximum absolute atomic E-state index is 11.2. The Kier molecular flexibility index (Phi) is 4.70. The second kappa shape index (κ2) is 5.82. The van der Waals surface area contributed by atoms with Gasteiger partial charge in [-0.3, -0.25) is 4.79 Å². The second-order valence-electron chi connectivity index (χ2n) is 5.22. The van der Waals surface area contributed by atoms with Gasteiger partial charge in [0.05, 0.1) is 5.41 Å². The molecule has 0 aromatic heterocycles. The van der Waals surface area contributed by atoms with E-state index in [-0.39, 0.29) is 5.91 Å². The monoisotopic (exact) mass is 234 g/mol. The smallest absolute Gasteiger partial charge is 0.224 e. The lowest BCUT2D eigenvalue weighted by Gasteiger charge is -2.24. The third-order valence-electron chi connectivity index (χ3n) is 2.94. The summed E-state index contributed by atoms with van der Waals surface area (Å²) >= 11 is 0. The molecule has 1 amide bonds. The van der Waals surface area contributed by atoms with Crippen LogP contribution in [0.2, 0.25) is 0 Å². The van der Waals surface area contributed by atoms with Crippen LogP contribution in [0.4, 0.5) is 0 Å². The van der Waals surface area contributed by atoms with Crippen LogP contribution in [0.5, 0.6) is 0 Å².